The van der Waals surface area contributed by atoms with E-state index in [1.807, 2.05) is 17.9 Å². The van der Waals surface area contributed by atoms with Crippen LogP contribution in [-0.4, -0.2) is 27.8 Å². The van der Waals surface area contributed by atoms with Gasteiger partial charge in [-0.25, -0.2) is 0 Å². The predicted molar refractivity (Wildman–Crippen MR) is 125 cm³/mol. The molecule has 3 rings (SSSR count). The fourth-order valence-corrected chi connectivity index (χ4v) is 6.70. The molecule has 0 N–H and O–H groups in total. The Morgan fingerprint density at radius 3 is 2.72 bits per heavy atom. The maximum absolute atomic E-state index is 13.0. The zero-order valence-corrected chi connectivity index (χ0v) is 19.8. The fourth-order valence-electron chi connectivity index (χ4n) is 3.26. The number of rotatable bonds is 4. The van der Waals surface area contributed by atoms with Crippen LogP contribution >= 0.6 is 69.2 Å². The number of thioether (sulfide) groups is 1. The Bertz CT molecular complexity index is 730. The van der Waals surface area contributed by atoms with E-state index in [0.29, 0.717) is 15.8 Å². The van der Waals surface area contributed by atoms with Crippen LogP contribution in [-0.2, 0) is 4.79 Å². The van der Waals surface area contributed by atoms with Gasteiger partial charge in [0.15, 0.2) is 0 Å². The highest BCUT2D eigenvalue weighted by atomic mass is 127. The minimum absolute atomic E-state index is 0.0539. The van der Waals surface area contributed by atoms with Crippen molar-refractivity contribution in [2.75, 3.05) is 6.61 Å². The van der Waals surface area contributed by atoms with Gasteiger partial charge >= 0.3 is 0 Å². The summed E-state index contributed by atoms with van der Waals surface area (Å²) in [7, 11) is 0. The molecule has 1 aliphatic heterocycles. The molecule has 1 amide bonds. The summed E-state index contributed by atoms with van der Waals surface area (Å²) in [6.45, 7) is 2.57. The molecule has 2 fully saturated rings. The Balaban J connectivity index is 1.92. The summed E-state index contributed by atoms with van der Waals surface area (Å²) >= 11 is 11.5. The lowest BCUT2D eigenvalue weighted by atomic mass is 9.94. The first kappa shape index (κ1) is 19.9. The molecule has 0 bridgehead atoms. The van der Waals surface area contributed by atoms with Crippen molar-refractivity contribution in [3.8, 4) is 5.75 Å². The van der Waals surface area contributed by atoms with Crippen molar-refractivity contribution < 1.29 is 9.53 Å². The van der Waals surface area contributed by atoms with Crippen molar-refractivity contribution >= 4 is 85.5 Å². The topological polar surface area (TPSA) is 29.5 Å². The first-order valence-electron chi connectivity index (χ1n) is 8.40. The van der Waals surface area contributed by atoms with Crippen molar-refractivity contribution in [3.05, 3.63) is 29.7 Å². The molecule has 0 radical (unpaired) electrons. The molecule has 3 nitrogen and oxygen atoms in total. The Morgan fingerprint density at radius 1 is 1.32 bits per heavy atom. The summed E-state index contributed by atoms with van der Waals surface area (Å²) in [4.78, 5) is 15.5. The lowest BCUT2D eigenvalue weighted by Gasteiger charge is -2.29. The van der Waals surface area contributed by atoms with E-state index >= 15 is 0 Å². The smallest absolute Gasteiger partial charge is 0.266 e. The molecule has 0 atom stereocenters. The van der Waals surface area contributed by atoms with Gasteiger partial charge in [-0.15, -0.1) is 0 Å². The molecule has 2 aliphatic rings. The second-order valence-corrected chi connectivity index (χ2v) is 10.2. The van der Waals surface area contributed by atoms with Gasteiger partial charge in [-0.1, -0.05) is 43.2 Å². The van der Waals surface area contributed by atoms with E-state index in [1.54, 1.807) is 0 Å². The largest absolute Gasteiger partial charge is 0.492 e. The van der Waals surface area contributed by atoms with Crippen LogP contribution in [0.3, 0.4) is 0 Å². The number of ether oxygens (including phenoxy) is 1. The minimum atomic E-state index is 0.0539. The third-order valence-electron chi connectivity index (χ3n) is 4.38. The molecule has 1 saturated carbocycles. The van der Waals surface area contributed by atoms with Crippen LogP contribution in [0.25, 0.3) is 6.08 Å². The molecule has 25 heavy (non-hydrogen) atoms. The van der Waals surface area contributed by atoms with Crippen LogP contribution in [0.15, 0.2) is 17.0 Å². The van der Waals surface area contributed by atoms with Gasteiger partial charge in [0.2, 0.25) is 0 Å². The van der Waals surface area contributed by atoms with E-state index in [2.05, 4.69) is 57.3 Å². The summed E-state index contributed by atoms with van der Waals surface area (Å²) in [6.07, 6.45) is 7.70. The van der Waals surface area contributed by atoms with Crippen LogP contribution in [0.2, 0.25) is 0 Å². The molecule has 134 valence electrons. The van der Waals surface area contributed by atoms with Gasteiger partial charge in [0, 0.05) is 15.2 Å². The maximum atomic E-state index is 13.0. The number of halogens is 2. The minimum Gasteiger partial charge on any atom is -0.492 e. The van der Waals surface area contributed by atoms with E-state index in [9.17, 15) is 4.79 Å². The highest BCUT2D eigenvalue weighted by Gasteiger charge is 2.37. The van der Waals surface area contributed by atoms with Gasteiger partial charge in [-0.05, 0) is 83.2 Å². The third-order valence-corrected chi connectivity index (χ3v) is 7.13. The van der Waals surface area contributed by atoms with Crippen molar-refractivity contribution in [1.29, 1.82) is 0 Å². The SMILES string of the molecule is CCOc1c(I)cc(I)cc1/C=C1\SC(=S)N(C2CCCCC2)C1=O. The molecule has 7 heteroatoms. The quantitative estimate of drug-likeness (QED) is 0.248. The number of carbonyl (C=O) groups is 1. The molecule has 0 aromatic heterocycles. The molecule has 0 unspecified atom stereocenters. The fraction of sp³-hybridized carbons (Fsp3) is 0.444. The first-order valence-corrected chi connectivity index (χ1v) is 11.8. The second kappa shape index (κ2) is 8.88. The Morgan fingerprint density at radius 2 is 2.04 bits per heavy atom. The van der Waals surface area contributed by atoms with E-state index in [1.165, 1.54) is 31.0 Å². The normalized spacial score (nSPS) is 20.6. The number of amides is 1. The average molecular weight is 599 g/mol. The van der Waals surface area contributed by atoms with E-state index in [4.69, 9.17) is 17.0 Å². The summed E-state index contributed by atoms with van der Waals surface area (Å²) in [6, 6.07) is 4.41. The summed E-state index contributed by atoms with van der Waals surface area (Å²) in [5, 5.41) is 0. The summed E-state index contributed by atoms with van der Waals surface area (Å²) < 4.78 is 8.69. The Hall–Kier alpha value is 0.130. The van der Waals surface area contributed by atoms with Crippen LogP contribution in [0.4, 0.5) is 0 Å². The van der Waals surface area contributed by atoms with Crippen molar-refractivity contribution in [3.63, 3.8) is 0 Å². The van der Waals surface area contributed by atoms with Gasteiger partial charge in [-0.3, -0.25) is 9.69 Å². The predicted octanol–water partition coefficient (Wildman–Crippen LogP) is 5.83. The standard InChI is InChI=1S/C18H19I2NO2S2/c1-2-23-16-11(8-12(19)10-14(16)20)9-15-17(22)21(18(24)25-15)13-6-4-3-5-7-13/h8-10,13H,2-7H2,1H3/b15-9-. The van der Waals surface area contributed by atoms with E-state index in [-0.39, 0.29) is 11.9 Å². The Kier molecular flexibility index (Phi) is 7.06. The first-order chi connectivity index (χ1) is 12.0. The summed E-state index contributed by atoms with van der Waals surface area (Å²) in [5.74, 6) is 0.893. The molecule has 0 spiro atoms. The highest BCUT2D eigenvalue weighted by Crippen LogP contribution is 2.39. The zero-order chi connectivity index (χ0) is 18.0. The lowest BCUT2D eigenvalue weighted by molar-refractivity contribution is -0.124. The zero-order valence-electron chi connectivity index (χ0n) is 13.9. The van der Waals surface area contributed by atoms with Crippen LogP contribution in [0.5, 0.6) is 5.75 Å². The van der Waals surface area contributed by atoms with Crippen LogP contribution in [0.1, 0.15) is 44.6 Å². The average Bonchev–Trinajstić information content (AvgIpc) is 2.85. The summed E-state index contributed by atoms with van der Waals surface area (Å²) in [5.41, 5.74) is 0.947. The molecular formula is C18H19I2NO2S2. The van der Waals surface area contributed by atoms with Crippen LogP contribution < -0.4 is 4.74 Å². The number of thiocarbonyl (C=S) groups is 1. The molecule has 1 aliphatic carbocycles. The van der Waals surface area contributed by atoms with Gasteiger partial charge in [0.05, 0.1) is 15.1 Å². The number of carbonyl (C=O) groups excluding carboxylic acids is 1. The van der Waals surface area contributed by atoms with Gasteiger partial charge in [0.1, 0.15) is 10.1 Å². The molecule has 1 aromatic rings. The van der Waals surface area contributed by atoms with Gasteiger partial charge in [0.25, 0.3) is 5.91 Å². The van der Waals surface area contributed by atoms with Crippen molar-refractivity contribution in [2.24, 2.45) is 0 Å². The lowest BCUT2D eigenvalue weighted by Crippen LogP contribution is -2.39. The molecular weight excluding hydrogens is 580 g/mol. The van der Waals surface area contributed by atoms with Crippen molar-refractivity contribution in [1.82, 2.24) is 4.90 Å². The van der Waals surface area contributed by atoms with Gasteiger partial charge in [-0.2, -0.15) is 0 Å². The number of hydrogen-bond donors (Lipinski definition) is 0. The third kappa shape index (κ3) is 4.52. The monoisotopic (exact) mass is 599 g/mol. The maximum Gasteiger partial charge on any atom is 0.266 e. The molecule has 1 aromatic carbocycles. The van der Waals surface area contributed by atoms with Crippen molar-refractivity contribution in [2.45, 2.75) is 45.1 Å². The number of nitrogens with zero attached hydrogens (tertiary/aromatic N) is 1. The highest BCUT2D eigenvalue weighted by molar-refractivity contribution is 14.1. The molecule has 1 heterocycles. The van der Waals surface area contributed by atoms with E-state index < -0.39 is 0 Å². The van der Waals surface area contributed by atoms with Crippen LogP contribution in [0, 0.1) is 7.14 Å². The van der Waals surface area contributed by atoms with Gasteiger partial charge < -0.3 is 4.74 Å². The number of hydrogen-bond acceptors (Lipinski definition) is 4. The Labute approximate surface area is 185 Å². The molecule has 1 saturated heterocycles. The van der Waals surface area contributed by atoms with E-state index in [0.717, 1.165) is 31.3 Å². The second-order valence-electron chi connectivity index (χ2n) is 6.08. The number of benzene rings is 1.